The number of ether oxygens (including phenoxy) is 1. The van der Waals surface area contributed by atoms with Crippen LogP contribution in [-0.4, -0.2) is 57.5 Å². The summed E-state index contributed by atoms with van der Waals surface area (Å²) in [6.45, 7) is 17.9. The van der Waals surface area contributed by atoms with Crippen LogP contribution >= 0.6 is 0 Å². The van der Waals surface area contributed by atoms with Gasteiger partial charge in [0.25, 0.3) is 0 Å². The molecule has 2 aliphatic heterocycles. The van der Waals surface area contributed by atoms with Gasteiger partial charge in [-0.2, -0.15) is 5.06 Å². The van der Waals surface area contributed by atoms with E-state index in [1.165, 1.54) is 5.06 Å². The molecule has 2 rings (SSSR count). The van der Waals surface area contributed by atoms with Crippen molar-refractivity contribution < 1.29 is 28.6 Å². The van der Waals surface area contributed by atoms with Crippen LogP contribution in [0.2, 0.25) is 18.1 Å². The number of hydrogen-bond acceptors (Lipinski definition) is 6. The minimum Gasteiger partial charge on any atom is -0.442 e. The van der Waals surface area contributed by atoms with Crippen molar-refractivity contribution in [1.29, 1.82) is 0 Å². The average Bonchev–Trinajstić information content (AvgIpc) is 2.49. The number of carbonyl (C=O) groups is 1. The zero-order valence-corrected chi connectivity index (χ0v) is 18.3. The molecule has 2 heterocycles. The van der Waals surface area contributed by atoms with Gasteiger partial charge < -0.3 is 9.16 Å². The number of nitrogens with zero attached hydrogens (tertiary/aromatic N) is 1. The molecule has 0 aliphatic carbocycles. The molecule has 1 fully saturated rings. The van der Waals surface area contributed by atoms with E-state index in [0.29, 0.717) is 13.2 Å². The molecule has 0 aromatic heterocycles. The van der Waals surface area contributed by atoms with Gasteiger partial charge in [-0.25, -0.2) is 14.6 Å². The second-order valence-electron chi connectivity index (χ2n) is 9.34. The predicted octanol–water partition coefficient (Wildman–Crippen LogP) is 3.82. The first kappa shape index (κ1) is 21.4. The lowest BCUT2D eigenvalue weighted by molar-refractivity contribution is -0.338. The molecule has 0 bridgehead atoms. The quantitative estimate of drug-likeness (QED) is 0.417. The molecular weight excluding hydrogens is 354 g/mol. The smallest absolute Gasteiger partial charge is 0.434 e. The molecule has 1 saturated heterocycles. The summed E-state index contributed by atoms with van der Waals surface area (Å²) < 4.78 is 11.7. The van der Waals surface area contributed by atoms with Crippen LogP contribution in [0.15, 0.2) is 11.1 Å². The van der Waals surface area contributed by atoms with Crippen molar-refractivity contribution in [3.8, 4) is 0 Å². The topological polar surface area (TPSA) is 66.5 Å². The van der Waals surface area contributed by atoms with E-state index in [2.05, 4.69) is 33.9 Å². The van der Waals surface area contributed by atoms with Gasteiger partial charge in [0.15, 0.2) is 8.32 Å². The van der Waals surface area contributed by atoms with Crippen molar-refractivity contribution in [3.05, 3.63) is 11.1 Å². The number of hydrogen-bond donors (Lipinski definition) is 0. The van der Waals surface area contributed by atoms with Crippen LogP contribution in [0.1, 0.15) is 41.5 Å². The van der Waals surface area contributed by atoms with Crippen LogP contribution in [0.4, 0.5) is 4.79 Å². The molecule has 0 aromatic rings. The van der Waals surface area contributed by atoms with Gasteiger partial charge in [0.2, 0.25) is 0 Å². The van der Waals surface area contributed by atoms with Gasteiger partial charge in [-0.15, -0.1) is 0 Å². The third-order valence-corrected chi connectivity index (χ3v) is 9.46. The molecule has 1 amide bonds. The zero-order chi connectivity index (χ0) is 19.8. The van der Waals surface area contributed by atoms with Crippen LogP contribution in [0, 0.1) is 0 Å². The molecule has 0 spiro atoms. The standard InChI is InChI=1S/C18H33NO6Si/c1-17(2,3)24-16(20)19-9-15-14(12-21-19)13(10-22-25-15)11-23-26(7,8)18(4,5)6/h15H,9-12H2,1-8H3. The highest BCUT2D eigenvalue weighted by molar-refractivity contribution is 6.74. The van der Waals surface area contributed by atoms with E-state index >= 15 is 0 Å². The van der Waals surface area contributed by atoms with Crippen LogP contribution in [0.5, 0.6) is 0 Å². The average molecular weight is 388 g/mol. The van der Waals surface area contributed by atoms with Gasteiger partial charge in [0.05, 0.1) is 19.8 Å². The number of amides is 1. The molecule has 150 valence electrons. The molecular formula is C18H33NO6Si. The van der Waals surface area contributed by atoms with Crippen molar-refractivity contribution in [1.82, 2.24) is 5.06 Å². The maximum Gasteiger partial charge on any atom is 0.434 e. The lowest BCUT2D eigenvalue weighted by atomic mass is 10.0. The molecule has 8 heteroatoms. The summed E-state index contributed by atoms with van der Waals surface area (Å²) in [5.41, 5.74) is 1.45. The van der Waals surface area contributed by atoms with E-state index in [4.69, 9.17) is 23.8 Å². The molecule has 1 atom stereocenters. The Balaban J connectivity index is 2.03. The Morgan fingerprint density at radius 2 is 1.85 bits per heavy atom. The number of fused-ring (bicyclic) bond motifs is 1. The van der Waals surface area contributed by atoms with Crippen LogP contribution in [-0.2, 0) is 23.8 Å². The zero-order valence-electron chi connectivity index (χ0n) is 17.3. The first-order valence-electron chi connectivity index (χ1n) is 9.06. The highest BCUT2D eigenvalue weighted by atomic mass is 28.4. The fourth-order valence-electron chi connectivity index (χ4n) is 2.31. The largest absolute Gasteiger partial charge is 0.442 e. The first-order valence-corrected chi connectivity index (χ1v) is 12.0. The summed E-state index contributed by atoms with van der Waals surface area (Å²) >= 11 is 0. The summed E-state index contributed by atoms with van der Waals surface area (Å²) in [5.74, 6) is 0. The number of hydroxylamine groups is 2. The number of carbonyl (C=O) groups excluding carboxylic acids is 1. The van der Waals surface area contributed by atoms with Crippen molar-refractivity contribution >= 4 is 14.4 Å². The van der Waals surface area contributed by atoms with E-state index in [9.17, 15) is 4.79 Å². The highest BCUT2D eigenvalue weighted by Gasteiger charge is 2.39. The molecule has 2 aliphatic rings. The lowest BCUT2D eigenvalue weighted by Crippen LogP contribution is -2.49. The fraction of sp³-hybridized carbons (Fsp3) is 0.833. The summed E-state index contributed by atoms with van der Waals surface area (Å²) in [5, 5.41) is 1.33. The minimum absolute atomic E-state index is 0.139. The summed E-state index contributed by atoms with van der Waals surface area (Å²) in [6, 6.07) is 0. The van der Waals surface area contributed by atoms with Crippen LogP contribution in [0.25, 0.3) is 0 Å². The van der Waals surface area contributed by atoms with Gasteiger partial charge in [0.1, 0.15) is 18.3 Å². The molecule has 7 nitrogen and oxygen atoms in total. The Morgan fingerprint density at radius 3 is 2.42 bits per heavy atom. The van der Waals surface area contributed by atoms with Crippen molar-refractivity contribution in [2.75, 3.05) is 26.4 Å². The monoisotopic (exact) mass is 387 g/mol. The highest BCUT2D eigenvalue weighted by Crippen LogP contribution is 2.37. The van der Waals surface area contributed by atoms with E-state index in [-0.39, 0.29) is 24.3 Å². The molecule has 0 aromatic carbocycles. The second kappa shape index (κ2) is 7.59. The lowest BCUT2D eigenvalue weighted by Gasteiger charge is -2.39. The van der Waals surface area contributed by atoms with Gasteiger partial charge in [0, 0.05) is 0 Å². The molecule has 0 radical (unpaired) electrons. The SMILES string of the molecule is CC(C)(C)OC(=O)N1CC2OOCC(CO[Si](C)(C)C(C)(C)C)=C2CO1. The summed E-state index contributed by atoms with van der Waals surface area (Å²) in [7, 11) is -1.86. The molecule has 1 unspecified atom stereocenters. The van der Waals surface area contributed by atoms with Gasteiger partial charge in [-0.1, -0.05) is 20.8 Å². The van der Waals surface area contributed by atoms with Gasteiger partial charge in [-0.3, -0.25) is 4.84 Å². The Bertz CT molecular complexity index is 561. The van der Waals surface area contributed by atoms with E-state index in [1.54, 1.807) is 0 Å². The minimum atomic E-state index is -1.86. The predicted molar refractivity (Wildman–Crippen MR) is 99.9 cm³/mol. The maximum atomic E-state index is 12.2. The van der Waals surface area contributed by atoms with Crippen molar-refractivity contribution in [2.45, 2.75) is 71.4 Å². The normalized spacial score (nSPS) is 22.3. The second-order valence-corrected chi connectivity index (χ2v) is 14.1. The van der Waals surface area contributed by atoms with Gasteiger partial charge in [-0.05, 0) is 50.0 Å². The molecule has 26 heavy (non-hydrogen) atoms. The van der Waals surface area contributed by atoms with E-state index < -0.39 is 20.0 Å². The Kier molecular flexibility index (Phi) is 6.24. The third kappa shape index (κ3) is 5.29. The van der Waals surface area contributed by atoms with Crippen LogP contribution in [0.3, 0.4) is 0 Å². The van der Waals surface area contributed by atoms with E-state index in [1.807, 2.05) is 20.8 Å². The van der Waals surface area contributed by atoms with Gasteiger partial charge >= 0.3 is 6.09 Å². The fourth-order valence-corrected chi connectivity index (χ4v) is 3.28. The Morgan fingerprint density at radius 1 is 1.19 bits per heavy atom. The molecule has 0 N–H and O–H groups in total. The third-order valence-electron chi connectivity index (χ3n) is 4.98. The van der Waals surface area contributed by atoms with E-state index in [0.717, 1.165) is 11.1 Å². The van der Waals surface area contributed by atoms with Crippen molar-refractivity contribution in [2.24, 2.45) is 0 Å². The molecule has 0 saturated carbocycles. The summed E-state index contributed by atoms with van der Waals surface area (Å²) in [4.78, 5) is 28.5. The summed E-state index contributed by atoms with van der Waals surface area (Å²) in [6.07, 6.45) is -0.882. The Hall–Kier alpha value is -0.933. The number of rotatable bonds is 3. The maximum absolute atomic E-state index is 12.2. The first-order chi connectivity index (χ1) is 11.8. The van der Waals surface area contributed by atoms with Crippen molar-refractivity contribution in [3.63, 3.8) is 0 Å². The van der Waals surface area contributed by atoms with Crippen LogP contribution < -0.4 is 0 Å². The Labute approximate surface area is 157 Å².